The molecule has 4 rings (SSSR count). The van der Waals surface area contributed by atoms with Crippen LogP contribution in [0, 0.1) is 6.92 Å². The number of hydrogen-bond donors (Lipinski definition) is 4. The van der Waals surface area contributed by atoms with Crippen LogP contribution in [-0.4, -0.2) is 86.4 Å². The zero-order chi connectivity index (χ0) is 28.4. The number of hydrogen-bond acceptors (Lipinski definition) is 9. The lowest BCUT2D eigenvalue weighted by atomic mass is 9.64. The van der Waals surface area contributed by atoms with Gasteiger partial charge in [-0.2, -0.15) is 0 Å². The van der Waals surface area contributed by atoms with Crippen LogP contribution in [0.5, 0.6) is 11.5 Å². The van der Waals surface area contributed by atoms with E-state index >= 15 is 0 Å². The van der Waals surface area contributed by atoms with Gasteiger partial charge in [0.05, 0.1) is 11.9 Å². The highest BCUT2D eigenvalue weighted by Crippen LogP contribution is 2.38. The first kappa shape index (κ1) is 27.6. The van der Waals surface area contributed by atoms with Gasteiger partial charge in [0.25, 0.3) is 0 Å². The highest BCUT2D eigenvalue weighted by molar-refractivity contribution is 6.47. The largest absolute Gasteiger partial charge is 0.535 e. The summed E-state index contributed by atoms with van der Waals surface area (Å²) in [6.07, 6.45) is 0.903. The average Bonchev–Trinajstić information content (AvgIpc) is 2.89. The minimum absolute atomic E-state index is 0.0400. The lowest BCUT2D eigenvalue weighted by molar-refractivity contribution is -0.153. The number of imide groups is 1. The van der Waals surface area contributed by atoms with E-state index in [1.807, 2.05) is 0 Å². The molecule has 14 heteroatoms. The van der Waals surface area contributed by atoms with Crippen molar-refractivity contribution in [3.05, 3.63) is 52.8 Å². The summed E-state index contributed by atoms with van der Waals surface area (Å²) < 4.78 is 5.53. The fraction of sp³-hybridized carbons (Fsp3) is 0.360. The molecule has 1 saturated heterocycles. The molecule has 2 aromatic rings. The third-order valence-electron chi connectivity index (χ3n) is 6.84. The summed E-state index contributed by atoms with van der Waals surface area (Å²) in [6.45, 7) is 3.70. The monoisotopic (exact) mass is 538 g/mol. The number of urea groups is 1. The summed E-state index contributed by atoms with van der Waals surface area (Å²) >= 11 is 0. The standard InChI is InChI=1S/C25H27BN4O9/c1-3-29-8-9-30(23(34)22(29)33)25(37)28-20(17-7-6-16(31)12-27-17)18(32)11-15-10-14-5-4-13(2)19(24(35)36)21(14)39-26(15)38/h4-7,12,15,20,31,38H,3,8-11H2,1-2H3,(H,28,37)(H,35,36)/t15-,20?/m1/s1. The number of carboxylic acids is 1. The van der Waals surface area contributed by atoms with Crippen molar-refractivity contribution in [2.45, 2.75) is 38.5 Å². The summed E-state index contributed by atoms with van der Waals surface area (Å²) in [5.41, 5.74) is 0.948. The molecule has 204 valence electrons. The number of aromatic nitrogens is 1. The Balaban J connectivity index is 1.56. The number of benzene rings is 1. The Bertz CT molecular complexity index is 1330. The number of piperazine rings is 1. The number of fused-ring (bicyclic) bond motifs is 1. The first-order valence-corrected chi connectivity index (χ1v) is 12.3. The number of carbonyl (C=O) groups is 5. The maximum absolute atomic E-state index is 13.5. The van der Waals surface area contributed by atoms with E-state index < -0.39 is 48.6 Å². The molecule has 4 amide bonds. The van der Waals surface area contributed by atoms with Gasteiger partial charge in [-0.25, -0.2) is 9.59 Å². The first-order valence-electron chi connectivity index (χ1n) is 12.3. The second-order valence-corrected chi connectivity index (χ2v) is 9.36. The fourth-order valence-electron chi connectivity index (χ4n) is 4.69. The summed E-state index contributed by atoms with van der Waals surface area (Å²) in [7, 11) is -1.51. The van der Waals surface area contributed by atoms with E-state index in [4.69, 9.17) is 4.65 Å². The molecule has 3 heterocycles. The predicted molar refractivity (Wildman–Crippen MR) is 135 cm³/mol. The first-order chi connectivity index (χ1) is 18.5. The van der Waals surface area contributed by atoms with Crippen LogP contribution < -0.4 is 9.97 Å². The number of nitrogens with zero attached hydrogens (tertiary/aromatic N) is 3. The second-order valence-electron chi connectivity index (χ2n) is 9.36. The SMILES string of the molecule is CCN1CCN(C(=O)NC(C(=O)C[C@H]2Cc3ccc(C)c(C(=O)O)c3OB2O)c2ccc(O)cn2)C(=O)C1=O. The van der Waals surface area contributed by atoms with Crippen molar-refractivity contribution < 1.29 is 43.9 Å². The van der Waals surface area contributed by atoms with E-state index in [0.29, 0.717) is 17.7 Å². The third-order valence-corrected chi connectivity index (χ3v) is 6.84. The van der Waals surface area contributed by atoms with E-state index in [9.17, 15) is 39.2 Å². The quantitative estimate of drug-likeness (QED) is 0.288. The van der Waals surface area contributed by atoms with Gasteiger partial charge in [-0.05, 0) is 43.5 Å². The van der Waals surface area contributed by atoms with Crippen molar-refractivity contribution in [2.24, 2.45) is 0 Å². The molecular formula is C25H27BN4O9. The minimum Gasteiger partial charge on any atom is -0.535 e. The maximum atomic E-state index is 13.5. The predicted octanol–water partition coefficient (Wildman–Crippen LogP) is 0.680. The number of aryl methyl sites for hydroxylation is 1. The number of amides is 4. The van der Waals surface area contributed by atoms with E-state index in [1.165, 1.54) is 17.0 Å². The second kappa shape index (κ2) is 11.1. The normalized spacial score (nSPS) is 17.8. The molecule has 2 aliphatic heterocycles. The number of likely N-dealkylation sites (N-methyl/N-ethyl adjacent to an activating group) is 1. The summed E-state index contributed by atoms with van der Waals surface area (Å²) in [5, 5.41) is 32.3. The molecule has 13 nitrogen and oxygen atoms in total. The van der Waals surface area contributed by atoms with Crippen molar-refractivity contribution in [3.8, 4) is 11.5 Å². The van der Waals surface area contributed by atoms with Crippen LogP contribution in [0.15, 0.2) is 30.5 Å². The van der Waals surface area contributed by atoms with Gasteiger partial charge in [-0.3, -0.25) is 24.3 Å². The Morgan fingerprint density at radius 3 is 2.56 bits per heavy atom. The maximum Gasteiger partial charge on any atom is 0.526 e. The van der Waals surface area contributed by atoms with Crippen LogP contribution in [0.3, 0.4) is 0 Å². The third kappa shape index (κ3) is 5.55. The van der Waals surface area contributed by atoms with Crippen LogP contribution in [0.2, 0.25) is 5.82 Å². The molecule has 1 aromatic carbocycles. The number of carboxylic acid groups (broad SMARTS) is 1. The summed E-state index contributed by atoms with van der Waals surface area (Å²) in [4.78, 5) is 69.0. The Morgan fingerprint density at radius 2 is 1.92 bits per heavy atom. The van der Waals surface area contributed by atoms with Crippen LogP contribution in [0.25, 0.3) is 0 Å². The van der Waals surface area contributed by atoms with Gasteiger partial charge >= 0.3 is 30.9 Å². The van der Waals surface area contributed by atoms with Crippen LogP contribution >= 0.6 is 0 Å². The Labute approximate surface area is 223 Å². The number of ketones is 1. The number of aromatic carboxylic acids is 1. The number of nitrogens with one attached hydrogen (secondary N) is 1. The number of aromatic hydroxyl groups is 1. The van der Waals surface area contributed by atoms with Gasteiger partial charge in [0.1, 0.15) is 23.1 Å². The molecule has 0 spiro atoms. The highest BCUT2D eigenvalue weighted by atomic mass is 16.5. The molecular weight excluding hydrogens is 511 g/mol. The molecule has 0 aliphatic carbocycles. The van der Waals surface area contributed by atoms with E-state index in [2.05, 4.69) is 10.3 Å². The average molecular weight is 538 g/mol. The van der Waals surface area contributed by atoms with Crippen LogP contribution in [0.4, 0.5) is 4.79 Å². The van der Waals surface area contributed by atoms with E-state index in [-0.39, 0.29) is 48.7 Å². The lowest BCUT2D eigenvalue weighted by Crippen LogP contribution is -2.58. The number of pyridine rings is 1. The molecule has 2 atom stereocenters. The molecule has 1 fully saturated rings. The molecule has 1 aromatic heterocycles. The van der Waals surface area contributed by atoms with Gasteiger partial charge in [-0.15, -0.1) is 0 Å². The van der Waals surface area contributed by atoms with Crippen molar-refractivity contribution in [1.82, 2.24) is 20.1 Å². The van der Waals surface area contributed by atoms with Crippen LogP contribution in [0.1, 0.15) is 46.6 Å². The minimum atomic E-state index is -1.51. The molecule has 4 N–H and O–H groups in total. The summed E-state index contributed by atoms with van der Waals surface area (Å²) in [6, 6.07) is 3.53. The van der Waals surface area contributed by atoms with Crippen molar-refractivity contribution in [3.63, 3.8) is 0 Å². The van der Waals surface area contributed by atoms with Crippen molar-refractivity contribution in [1.29, 1.82) is 0 Å². The van der Waals surface area contributed by atoms with Gasteiger partial charge in [-0.1, -0.05) is 12.1 Å². The summed E-state index contributed by atoms with van der Waals surface area (Å²) in [5.74, 6) is -4.58. The number of rotatable bonds is 7. The molecule has 39 heavy (non-hydrogen) atoms. The zero-order valence-electron chi connectivity index (χ0n) is 21.3. The van der Waals surface area contributed by atoms with Gasteiger partial charge in [0.15, 0.2) is 5.78 Å². The van der Waals surface area contributed by atoms with Gasteiger partial charge in [0, 0.05) is 31.9 Å². The fourth-order valence-corrected chi connectivity index (χ4v) is 4.69. The lowest BCUT2D eigenvalue weighted by Gasteiger charge is -2.33. The number of carbonyl (C=O) groups excluding carboxylic acids is 4. The topological polar surface area (TPSA) is 187 Å². The highest BCUT2D eigenvalue weighted by Gasteiger charge is 2.41. The smallest absolute Gasteiger partial charge is 0.526 e. The molecule has 2 aliphatic rings. The molecule has 0 saturated carbocycles. The van der Waals surface area contributed by atoms with Crippen molar-refractivity contribution in [2.75, 3.05) is 19.6 Å². The molecule has 0 bridgehead atoms. The van der Waals surface area contributed by atoms with Gasteiger partial charge in [0.2, 0.25) is 0 Å². The van der Waals surface area contributed by atoms with Crippen molar-refractivity contribution >= 4 is 36.7 Å². The van der Waals surface area contributed by atoms with E-state index in [1.54, 1.807) is 26.0 Å². The van der Waals surface area contributed by atoms with E-state index in [0.717, 1.165) is 11.1 Å². The van der Waals surface area contributed by atoms with Gasteiger partial charge < -0.3 is 30.1 Å². The molecule has 1 unspecified atom stereocenters. The number of Topliss-reactive ketones (excluding diaryl/α,β-unsaturated/α-hetero) is 1. The Hall–Kier alpha value is -4.46. The Kier molecular flexibility index (Phi) is 7.86. The zero-order valence-corrected chi connectivity index (χ0v) is 21.3. The molecule has 0 radical (unpaired) electrons. The Morgan fingerprint density at radius 1 is 1.18 bits per heavy atom. The van der Waals surface area contributed by atoms with Crippen LogP contribution in [-0.2, 0) is 20.8 Å².